The van der Waals surface area contributed by atoms with Crippen molar-refractivity contribution in [3.63, 3.8) is 0 Å². The fourth-order valence-corrected chi connectivity index (χ4v) is 2.76. The molecule has 0 fully saturated rings. The number of hydrogen-bond donors (Lipinski definition) is 1. The van der Waals surface area contributed by atoms with Crippen molar-refractivity contribution in [1.29, 1.82) is 0 Å². The van der Waals surface area contributed by atoms with Crippen LogP contribution in [-0.2, 0) is 0 Å². The Labute approximate surface area is 166 Å². The molecule has 1 N–H and O–H groups in total. The highest BCUT2D eigenvalue weighted by molar-refractivity contribution is 6.06. The van der Waals surface area contributed by atoms with Gasteiger partial charge in [-0.1, -0.05) is 6.07 Å². The third-order valence-corrected chi connectivity index (χ3v) is 4.18. The summed E-state index contributed by atoms with van der Waals surface area (Å²) in [5.74, 6) is 1.74. The van der Waals surface area contributed by atoms with Crippen LogP contribution >= 0.6 is 0 Å². The third-order valence-electron chi connectivity index (χ3n) is 4.18. The Hall–Kier alpha value is -4.07. The summed E-state index contributed by atoms with van der Waals surface area (Å²) in [6, 6.07) is 15.6. The minimum absolute atomic E-state index is 0.278. The predicted molar refractivity (Wildman–Crippen MR) is 105 cm³/mol. The molecule has 8 heteroatoms. The smallest absolute Gasteiger partial charge is 0.283 e. The second kappa shape index (κ2) is 7.89. The van der Waals surface area contributed by atoms with Gasteiger partial charge in [-0.3, -0.25) is 4.79 Å². The number of ether oxygens (including phenoxy) is 2. The summed E-state index contributed by atoms with van der Waals surface area (Å²) in [4.78, 5) is 12.8. The molecule has 4 rings (SSSR count). The minimum atomic E-state index is -0.334. The standard InChI is InChI=1S/C21H17N3O5/c1-26-15-8-9-17(27-2)16(12-15)19(25)22-14-6-3-5-13(11-14)20-23-24-21(29-20)18-7-4-10-28-18/h3-12H,1-2H3,(H,22,25). The number of benzene rings is 2. The largest absolute Gasteiger partial charge is 0.497 e. The maximum Gasteiger partial charge on any atom is 0.283 e. The molecule has 0 saturated carbocycles. The Morgan fingerprint density at radius 2 is 1.83 bits per heavy atom. The molecular formula is C21H17N3O5. The molecule has 0 aliphatic rings. The summed E-state index contributed by atoms with van der Waals surface area (Å²) in [5, 5.41) is 10.9. The predicted octanol–water partition coefficient (Wildman–Crippen LogP) is 4.27. The van der Waals surface area contributed by atoms with E-state index in [0.717, 1.165) is 0 Å². The van der Waals surface area contributed by atoms with E-state index in [1.807, 2.05) is 0 Å². The average molecular weight is 391 g/mol. The van der Waals surface area contributed by atoms with E-state index < -0.39 is 0 Å². The number of carbonyl (C=O) groups is 1. The Kier molecular flexibility index (Phi) is 4.98. The summed E-state index contributed by atoms with van der Waals surface area (Å²) in [7, 11) is 3.04. The second-order valence-corrected chi connectivity index (χ2v) is 5.99. The zero-order valence-electron chi connectivity index (χ0n) is 15.7. The van der Waals surface area contributed by atoms with Gasteiger partial charge in [0.1, 0.15) is 11.5 Å². The zero-order valence-corrected chi connectivity index (χ0v) is 15.7. The molecule has 2 aromatic heterocycles. The van der Waals surface area contributed by atoms with Gasteiger partial charge < -0.3 is 23.6 Å². The Balaban J connectivity index is 1.58. The molecule has 146 valence electrons. The van der Waals surface area contributed by atoms with Gasteiger partial charge in [0.15, 0.2) is 5.76 Å². The number of amides is 1. The molecule has 0 bridgehead atoms. The first-order valence-electron chi connectivity index (χ1n) is 8.69. The van der Waals surface area contributed by atoms with Gasteiger partial charge in [-0.15, -0.1) is 10.2 Å². The van der Waals surface area contributed by atoms with Crippen LogP contribution < -0.4 is 14.8 Å². The van der Waals surface area contributed by atoms with Gasteiger partial charge in [-0.25, -0.2) is 0 Å². The molecule has 0 radical (unpaired) electrons. The van der Waals surface area contributed by atoms with Gasteiger partial charge in [0, 0.05) is 11.3 Å². The van der Waals surface area contributed by atoms with Crippen LogP contribution in [0.5, 0.6) is 11.5 Å². The van der Waals surface area contributed by atoms with Crippen molar-refractivity contribution in [2.45, 2.75) is 0 Å². The number of rotatable bonds is 6. The molecule has 4 aromatic rings. The number of furan rings is 1. The molecule has 0 spiro atoms. The number of nitrogens with zero attached hydrogens (tertiary/aromatic N) is 2. The number of anilines is 1. The lowest BCUT2D eigenvalue weighted by Gasteiger charge is -2.11. The van der Waals surface area contributed by atoms with Crippen molar-refractivity contribution in [3.8, 4) is 34.6 Å². The van der Waals surface area contributed by atoms with Crippen LogP contribution in [0.4, 0.5) is 5.69 Å². The summed E-state index contributed by atoms with van der Waals surface area (Å²) in [6.07, 6.45) is 1.53. The van der Waals surface area contributed by atoms with Crippen molar-refractivity contribution in [3.05, 3.63) is 66.4 Å². The van der Waals surface area contributed by atoms with E-state index >= 15 is 0 Å². The highest BCUT2D eigenvalue weighted by atomic mass is 16.5. The maximum atomic E-state index is 12.8. The fraction of sp³-hybridized carbons (Fsp3) is 0.0952. The van der Waals surface area contributed by atoms with E-state index in [9.17, 15) is 4.79 Å². The fourth-order valence-electron chi connectivity index (χ4n) is 2.76. The lowest BCUT2D eigenvalue weighted by Crippen LogP contribution is -2.13. The van der Waals surface area contributed by atoms with Crippen molar-refractivity contribution in [1.82, 2.24) is 10.2 Å². The van der Waals surface area contributed by atoms with Crippen LogP contribution in [0.2, 0.25) is 0 Å². The molecule has 2 aromatic carbocycles. The SMILES string of the molecule is COc1ccc(OC)c(C(=O)Nc2cccc(-c3nnc(-c4ccco4)o3)c2)c1. The monoisotopic (exact) mass is 391 g/mol. The van der Waals surface area contributed by atoms with Gasteiger partial charge in [0.2, 0.25) is 5.89 Å². The maximum absolute atomic E-state index is 12.8. The van der Waals surface area contributed by atoms with E-state index in [4.69, 9.17) is 18.3 Å². The molecule has 0 saturated heterocycles. The van der Waals surface area contributed by atoms with E-state index in [-0.39, 0.29) is 11.8 Å². The number of methoxy groups -OCH3 is 2. The first-order chi connectivity index (χ1) is 14.2. The lowest BCUT2D eigenvalue weighted by atomic mass is 10.1. The normalized spacial score (nSPS) is 10.6. The summed E-state index contributed by atoms with van der Waals surface area (Å²) in [6.45, 7) is 0. The molecular weight excluding hydrogens is 374 g/mol. The van der Waals surface area contributed by atoms with Crippen LogP contribution in [-0.4, -0.2) is 30.3 Å². The molecule has 0 aliphatic carbocycles. The molecule has 29 heavy (non-hydrogen) atoms. The van der Waals surface area contributed by atoms with Crippen LogP contribution in [0, 0.1) is 0 Å². The summed E-state index contributed by atoms with van der Waals surface area (Å²) >= 11 is 0. The summed E-state index contributed by atoms with van der Waals surface area (Å²) in [5.41, 5.74) is 1.58. The number of nitrogens with one attached hydrogen (secondary N) is 1. The first-order valence-corrected chi connectivity index (χ1v) is 8.69. The van der Waals surface area contributed by atoms with E-state index in [1.165, 1.54) is 20.5 Å². The van der Waals surface area contributed by atoms with E-state index in [2.05, 4.69) is 15.5 Å². The van der Waals surface area contributed by atoms with Gasteiger partial charge >= 0.3 is 0 Å². The van der Waals surface area contributed by atoms with Gasteiger partial charge in [-0.05, 0) is 48.5 Å². The number of aromatic nitrogens is 2. The van der Waals surface area contributed by atoms with E-state index in [1.54, 1.807) is 54.6 Å². The van der Waals surface area contributed by atoms with Crippen LogP contribution in [0.1, 0.15) is 10.4 Å². The number of carbonyl (C=O) groups excluding carboxylic acids is 1. The Bertz CT molecular complexity index is 1130. The lowest BCUT2D eigenvalue weighted by molar-refractivity contribution is 0.102. The first kappa shape index (κ1) is 18.3. The average Bonchev–Trinajstić information content (AvgIpc) is 3.45. The topological polar surface area (TPSA) is 99.6 Å². The van der Waals surface area contributed by atoms with Crippen molar-refractivity contribution >= 4 is 11.6 Å². The van der Waals surface area contributed by atoms with Crippen molar-refractivity contribution in [2.24, 2.45) is 0 Å². The quantitative estimate of drug-likeness (QED) is 0.524. The van der Waals surface area contributed by atoms with Crippen molar-refractivity contribution < 1.29 is 23.1 Å². The van der Waals surface area contributed by atoms with Crippen LogP contribution in [0.25, 0.3) is 23.1 Å². The Morgan fingerprint density at radius 1 is 0.966 bits per heavy atom. The third kappa shape index (κ3) is 3.81. The van der Waals surface area contributed by atoms with E-state index in [0.29, 0.717) is 40.0 Å². The zero-order chi connectivity index (χ0) is 20.2. The van der Waals surface area contributed by atoms with Crippen LogP contribution in [0.15, 0.2) is 69.7 Å². The minimum Gasteiger partial charge on any atom is -0.497 e. The molecule has 0 atom stereocenters. The molecule has 0 unspecified atom stereocenters. The van der Waals surface area contributed by atoms with Gasteiger partial charge in [0.25, 0.3) is 11.8 Å². The molecule has 8 nitrogen and oxygen atoms in total. The van der Waals surface area contributed by atoms with Crippen LogP contribution in [0.3, 0.4) is 0 Å². The molecule has 1 amide bonds. The van der Waals surface area contributed by atoms with Crippen molar-refractivity contribution in [2.75, 3.05) is 19.5 Å². The van der Waals surface area contributed by atoms with Gasteiger partial charge in [0.05, 0.1) is 26.0 Å². The molecule has 0 aliphatic heterocycles. The number of hydrogen-bond acceptors (Lipinski definition) is 7. The highest BCUT2D eigenvalue weighted by Gasteiger charge is 2.16. The highest BCUT2D eigenvalue weighted by Crippen LogP contribution is 2.28. The Morgan fingerprint density at radius 3 is 2.59 bits per heavy atom. The summed E-state index contributed by atoms with van der Waals surface area (Å²) < 4.78 is 21.4. The molecule has 2 heterocycles. The second-order valence-electron chi connectivity index (χ2n) is 5.99. The van der Waals surface area contributed by atoms with Gasteiger partial charge in [-0.2, -0.15) is 0 Å².